The van der Waals surface area contributed by atoms with Gasteiger partial charge in [-0.1, -0.05) is 27.2 Å². The Bertz CT molecular complexity index is 1050. The molecule has 0 radical (unpaired) electrons. The van der Waals surface area contributed by atoms with Crippen molar-refractivity contribution in [2.75, 3.05) is 57.6 Å². The average Bonchev–Trinajstić information content (AvgIpc) is 3.39. The fourth-order valence-electron chi connectivity index (χ4n) is 8.32. The van der Waals surface area contributed by atoms with Crippen LogP contribution in [0.15, 0.2) is 12.0 Å². The number of amides is 1. The number of ether oxygens (including phenoxy) is 4. The number of carbonyl (C=O) groups excluding carboxylic acids is 2. The van der Waals surface area contributed by atoms with Crippen molar-refractivity contribution in [2.24, 2.45) is 23.7 Å². The van der Waals surface area contributed by atoms with Crippen LogP contribution < -0.4 is 10.6 Å². The minimum atomic E-state index is -1.17. The second-order valence-electron chi connectivity index (χ2n) is 14.1. The zero-order valence-electron chi connectivity index (χ0n) is 27.2. The van der Waals surface area contributed by atoms with Crippen molar-refractivity contribution in [3.8, 4) is 0 Å². The molecule has 1 aliphatic carbocycles. The highest BCUT2D eigenvalue weighted by atomic mass is 32.3. The zero-order chi connectivity index (χ0) is 30.8. The molecule has 11 heteroatoms. The number of nitrogens with one attached hydrogen (secondary N) is 2. The maximum absolute atomic E-state index is 13.0. The molecule has 1 saturated carbocycles. The maximum atomic E-state index is 13.0. The lowest BCUT2D eigenvalue weighted by atomic mass is 9.72. The van der Waals surface area contributed by atoms with E-state index in [4.69, 9.17) is 23.1 Å². The van der Waals surface area contributed by atoms with Crippen molar-refractivity contribution < 1.29 is 32.7 Å². The minimum Gasteiger partial charge on any atom is -0.472 e. The second-order valence-corrected chi connectivity index (χ2v) is 17.4. The van der Waals surface area contributed by atoms with E-state index < -0.39 is 16.4 Å². The predicted octanol–water partition coefficient (Wildman–Crippen LogP) is 3.34. The fraction of sp³-hybridized carbons (Fsp3) is 0.879. The van der Waals surface area contributed by atoms with Gasteiger partial charge in [0.2, 0.25) is 5.91 Å². The van der Waals surface area contributed by atoms with Crippen LogP contribution in [0.25, 0.3) is 0 Å². The van der Waals surface area contributed by atoms with Gasteiger partial charge in [0.1, 0.15) is 12.3 Å². The first-order valence-corrected chi connectivity index (χ1v) is 19.2. The van der Waals surface area contributed by atoms with E-state index in [9.17, 15) is 9.59 Å². The van der Waals surface area contributed by atoms with Gasteiger partial charge in [-0.2, -0.15) is 0 Å². The molecule has 4 saturated heterocycles. The van der Waals surface area contributed by atoms with Gasteiger partial charge in [-0.15, -0.1) is 10.3 Å². The molecule has 0 aromatic carbocycles. The van der Waals surface area contributed by atoms with E-state index in [1.165, 1.54) is 12.8 Å². The summed E-state index contributed by atoms with van der Waals surface area (Å²) in [4.78, 5) is 26.4. The van der Waals surface area contributed by atoms with E-state index >= 15 is 0 Å². The molecule has 11 unspecified atom stereocenters. The number of nitrogens with zero attached hydrogens (tertiary/aromatic N) is 1. The highest BCUT2D eigenvalue weighted by Crippen LogP contribution is 2.72. The van der Waals surface area contributed by atoms with E-state index in [-0.39, 0.29) is 36.0 Å². The third-order valence-corrected chi connectivity index (χ3v) is 15.1. The summed E-state index contributed by atoms with van der Waals surface area (Å²) in [5, 5.41) is 7.20. The standard InChI is InChI=1S/C33H55N3O7S/c1-5-21(2)15-25-22(3)16-24(17-28(25)40-11-6-8-34-23(4)37)35-30-20-44(43-30)14-7-29(44)26-19-41-33-27(38)18-31(42-32(26)33)36-9-12-39-13-10-36/h18,21-22,24-26,28-30,32-33,35H,5-17,19-20H2,1-4H3,(H,34,37). The smallest absolute Gasteiger partial charge is 0.216 e. The molecule has 11 atom stereocenters. The summed E-state index contributed by atoms with van der Waals surface area (Å²) in [7, 11) is -1.17. The summed E-state index contributed by atoms with van der Waals surface area (Å²) >= 11 is 0. The van der Waals surface area contributed by atoms with Crippen molar-refractivity contribution >= 4 is 22.0 Å². The van der Waals surface area contributed by atoms with Crippen LogP contribution in [0, 0.1) is 23.7 Å². The van der Waals surface area contributed by atoms with E-state index in [0.29, 0.717) is 67.9 Å². The summed E-state index contributed by atoms with van der Waals surface area (Å²) in [6.45, 7) is 13.3. The number of fused-ring (bicyclic) bond motifs is 1. The molecule has 5 heterocycles. The van der Waals surface area contributed by atoms with Crippen LogP contribution >= 0.6 is 10.3 Å². The van der Waals surface area contributed by atoms with Crippen LogP contribution in [0.4, 0.5) is 0 Å². The lowest BCUT2D eigenvalue weighted by molar-refractivity contribution is -0.133. The molecule has 0 aromatic rings. The van der Waals surface area contributed by atoms with Crippen LogP contribution in [0.3, 0.4) is 0 Å². The van der Waals surface area contributed by atoms with Gasteiger partial charge in [-0.25, -0.2) is 0 Å². The minimum absolute atomic E-state index is 0.0129. The molecular weight excluding hydrogens is 582 g/mol. The summed E-state index contributed by atoms with van der Waals surface area (Å²) in [5.41, 5.74) is 0. The van der Waals surface area contributed by atoms with E-state index in [2.05, 4.69) is 36.3 Å². The number of rotatable bonds is 12. The third-order valence-electron chi connectivity index (χ3n) is 11.0. The SMILES string of the molecule is CCC(C)CC1C(C)CC(NC2CS3(CCC3C3COC4C(=O)C=C(N5CCOCC5)OC43)O2)CC1OCCCNC(C)=O. The summed E-state index contributed by atoms with van der Waals surface area (Å²) < 4.78 is 31.4. The largest absolute Gasteiger partial charge is 0.472 e. The lowest BCUT2D eigenvalue weighted by Gasteiger charge is -2.65. The first kappa shape index (κ1) is 32.6. The zero-order valence-corrected chi connectivity index (χ0v) is 28.0. The number of morpholine rings is 1. The van der Waals surface area contributed by atoms with Crippen molar-refractivity contribution in [3.05, 3.63) is 12.0 Å². The second kappa shape index (κ2) is 14.2. The molecule has 10 nitrogen and oxygen atoms in total. The number of carbonyl (C=O) groups is 2. The van der Waals surface area contributed by atoms with E-state index in [1.807, 2.05) is 0 Å². The number of hydrogen-bond acceptors (Lipinski definition) is 9. The molecule has 0 aromatic heterocycles. The number of hydrogen-bond donors (Lipinski definition) is 2. The van der Waals surface area contributed by atoms with Gasteiger partial charge in [0.25, 0.3) is 0 Å². The molecule has 250 valence electrons. The first-order valence-electron chi connectivity index (χ1n) is 17.2. The molecule has 5 fully saturated rings. The van der Waals surface area contributed by atoms with Crippen molar-refractivity contribution in [1.82, 2.24) is 15.5 Å². The Morgan fingerprint density at radius 2 is 2.05 bits per heavy atom. The van der Waals surface area contributed by atoms with Crippen molar-refractivity contribution in [2.45, 2.75) is 102 Å². The molecule has 0 bridgehead atoms. The van der Waals surface area contributed by atoms with Crippen LogP contribution in [-0.2, 0) is 32.7 Å². The Labute approximate surface area is 265 Å². The maximum Gasteiger partial charge on any atom is 0.216 e. The van der Waals surface area contributed by atoms with Crippen LogP contribution in [0.1, 0.15) is 66.2 Å². The van der Waals surface area contributed by atoms with E-state index in [0.717, 1.165) is 50.3 Å². The molecule has 2 N–H and O–H groups in total. The van der Waals surface area contributed by atoms with Crippen LogP contribution in [0.5, 0.6) is 0 Å². The molecule has 44 heavy (non-hydrogen) atoms. The average molecular weight is 638 g/mol. The first-order chi connectivity index (χ1) is 21.3. The lowest BCUT2D eigenvalue weighted by Crippen LogP contribution is -2.61. The highest BCUT2D eigenvalue weighted by molar-refractivity contribution is 8.32. The Morgan fingerprint density at radius 3 is 2.75 bits per heavy atom. The molecule has 6 aliphatic rings. The molecule has 5 aliphatic heterocycles. The van der Waals surface area contributed by atoms with Gasteiger partial charge in [0, 0.05) is 68.0 Å². The number of ketones is 1. The molecule has 1 spiro atoms. The summed E-state index contributed by atoms with van der Waals surface area (Å²) in [6.07, 6.45) is 7.75. The Morgan fingerprint density at radius 1 is 1.25 bits per heavy atom. The topological polar surface area (TPSA) is 108 Å². The molecule has 1 amide bonds. The van der Waals surface area contributed by atoms with Gasteiger partial charge >= 0.3 is 0 Å². The van der Waals surface area contributed by atoms with Gasteiger partial charge < -0.3 is 33.3 Å². The Hall–Kier alpha value is -1.37. The normalized spacial score (nSPS) is 42.3. The molecule has 6 rings (SSSR count). The monoisotopic (exact) mass is 637 g/mol. The Balaban J connectivity index is 1.02. The van der Waals surface area contributed by atoms with E-state index in [1.54, 1.807) is 13.0 Å². The quantitative estimate of drug-likeness (QED) is 0.312. The van der Waals surface area contributed by atoms with Gasteiger partial charge in [0.05, 0.1) is 25.9 Å². The molecular formula is C33H55N3O7S. The third kappa shape index (κ3) is 6.98. The van der Waals surface area contributed by atoms with Gasteiger partial charge in [-0.05, 0) is 49.9 Å². The highest BCUT2D eigenvalue weighted by Gasteiger charge is 2.61. The summed E-state index contributed by atoms with van der Waals surface area (Å²) in [5.74, 6) is 4.99. The van der Waals surface area contributed by atoms with Crippen LogP contribution in [0.2, 0.25) is 0 Å². The van der Waals surface area contributed by atoms with Crippen molar-refractivity contribution in [3.63, 3.8) is 0 Å². The fourth-order valence-corrected chi connectivity index (χ4v) is 12.0. The van der Waals surface area contributed by atoms with Gasteiger partial charge in [-0.3, -0.25) is 14.9 Å². The Kier molecular flexibility index (Phi) is 10.5. The van der Waals surface area contributed by atoms with Gasteiger partial charge in [0.15, 0.2) is 17.8 Å². The van der Waals surface area contributed by atoms with Crippen molar-refractivity contribution in [1.29, 1.82) is 0 Å². The summed E-state index contributed by atoms with van der Waals surface area (Å²) in [6, 6.07) is 0.374. The van der Waals surface area contributed by atoms with Crippen LogP contribution in [-0.4, -0.2) is 110 Å². The predicted molar refractivity (Wildman–Crippen MR) is 170 cm³/mol.